The molecular weight excluding hydrogens is 350 g/mol. The van der Waals surface area contributed by atoms with Crippen molar-refractivity contribution < 1.29 is 14.3 Å². The van der Waals surface area contributed by atoms with E-state index in [0.717, 1.165) is 22.6 Å². The standard InChI is InChI=1S/C19H23N3O3S/c1-12-6-5-7-17(13(12)2)25-14(3)18(23)21-22-19(26)20-15-8-10-16(24-4)11-9-15/h5-11,14H,1-4H3,(H,21,23)(H2,20,22,26)/t14-/m1/s1. The lowest BCUT2D eigenvalue weighted by Crippen LogP contribution is -2.48. The molecule has 0 heterocycles. The topological polar surface area (TPSA) is 71.6 Å². The van der Waals surface area contributed by atoms with E-state index in [1.54, 1.807) is 14.0 Å². The summed E-state index contributed by atoms with van der Waals surface area (Å²) in [5.74, 6) is 1.11. The highest BCUT2D eigenvalue weighted by molar-refractivity contribution is 7.80. The highest BCUT2D eigenvalue weighted by Gasteiger charge is 2.16. The summed E-state index contributed by atoms with van der Waals surface area (Å²) in [7, 11) is 1.60. The maximum Gasteiger partial charge on any atom is 0.279 e. The SMILES string of the molecule is COc1ccc(NC(=S)NNC(=O)[C@@H](C)Oc2cccc(C)c2C)cc1. The molecule has 0 unspecified atom stereocenters. The maximum absolute atomic E-state index is 12.2. The Bertz CT molecular complexity index is 778. The van der Waals surface area contributed by atoms with Crippen molar-refractivity contribution in [3.63, 3.8) is 0 Å². The van der Waals surface area contributed by atoms with Crippen LogP contribution in [0.5, 0.6) is 11.5 Å². The van der Waals surface area contributed by atoms with Crippen molar-refractivity contribution in [1.29, 1.82) is 0 Å². The quantitative estimate of drug-likeness (QED) is 0.553. The van der Waals surface area contributed by atoms with Crippen LogP contribution in [0.1, 0.15) is 18.1 Å². The molecule has 0 aliphatic carbocycles. The molecule has 1 amide bonds. The number of nitrogens with one attached hydrogen (secondary N) is 3. The Morgan fingerprint density at radius 3 is 2.42 bits per heavy atom. The van der Waals surface area contributed by atoms with Gasteiger partial charge in [0.25, 0.3) is 5.91 Å². The van der Waals surface area contributed by atoms with E-state index in [9.17, 15) is 4.79 Å². The Morgan fingerprint density at radius 1 is 1.08 bits per heavy atom. The van der Waals surface area contributed by atoms with Crippen LogP contribution in [0.15, 0.2) is 42.5 Å². The lowest BCUT2D eigenvalue weighted by atomic mass is 10.1. The zero-order valence-electron chi connectivity index (χ0n) is 15.3. The molecule has 0 spiro atoms. The van der Waals surface area contributed by atoms with Crippen molar-refractivity contribution in [2.24, 2.45) is 0 Å². The highest BCUT2D eigenvalue weighted by Crippen LogP contribution is 2.21. The summed E-state index contributed by atoms with van der Waals surface area (Å²) in [6.07, 6.45) is -0.674. The molecule has 0 saturated heterocycles. The molecule has 0 fully saturated rings. The van der Waals surface area contributed by atoms with Gasteiger partial charge in [-0.3, -0.25) is 15.6 Å². The number of aryl methyl sites for hydroxylation is 1. The average Bonchev–Trinajstić information content (AvgIpc) is 2.64. The van der Waals surface area contributed by atoms with Crippen molar-refractivity contribution >= 4 is 28.9 Å². The number of carbonyl (C=O) groups excluding carboxylic acids is 1. The van der Waals surface area contributed by atoms with Crippen molar-refractivity contribution in [1.82, 2.24) is 10.9 Å². The number of hydrogen-bond acceptors (Lipinski definition) is 4. The number of thiocarbonyl (C=S) groups is 1. The molecule has 7 heteroatoms. The van der Waals surface area contributed by atoms with E-state index in [0.29, 0.717) is 5.75 Å². The zero-order chi connectivity index (χ0) is 19.1. The molecule has 0 aliphatic heterocycles. The molecule has 0 saturated carbocycles. The van der Waals surface area contributed by atoms with Gasteiger partial charge in [-0.05, 0) is 74.4 Å². The number of rotatable bonds is 5. The van der Waals surface area contributed by atoms with Crippen molar-refractivity contribution in [3.05, 3.63) is 53.6 Å². The first kappa shape index (κ1) is 19.5. The van der Waals surface area contributed by atoms with Gasteiger partial charge in [0.2, 0.25) is 0 Å². The van der Waals surface area contributed by atoms with E-state index in [4.69, 9.17) is 21.7 Å². The Morgan fingerprint density at radius 2 is 1.77 bits per heavy atom. The molecule has 6 nitrogen and oxygen atoms in total. The first-order valence-electron chi connectivity index (χ1n) is 8.14. The number of anilines is 1. The summed E-state index contributed by atoms with van der Waals surface area (Å²) >= 11 is 5.16. The molecule has 2 aromatic rings. The highest BCUT2D eigenvalue weighted by atomic mass is 32.1. The van der Waals surface area contributed by atoms with Gasteiger partial charge in [0, 0.05) is 5.69 Å². The summed E-state index contributed by atoms with van der Waals surface area (Å²) in [4.78, 5) is 12.2. The van der Waals surface area contributed by atoms with Gasteiger partial charge in [0.15, 0.2) is 11.2 Å². The van der Waals surface area contributed by atoms with Crippen molar-refractivity contribution in [3.8, 4) is 11.5 Å². The van der Waals surface area contributed by atoms with Gasteiger partial charge in [-0.1, -0.05) is 12.1 Å². The lowest BCUT2D eigenvalue weighted by molar-refractivity contribution is -0.127. The molecule has 0 aliphatic rings. The maximum atomic E-state index is 12.2. The van der Waals surface area contributed by atoms with Gasteiger partial charge in [-0.25, -0.2) is 0 Å². The van der Waals surface area contributed by atoms with Crippen LogP contribution in [0.3, 0.4) is 0 Å². The molecule has 2 rings (SSSR count). The molecule has 26 heavy (non-hydrogen) atoms. The molecule has 0 aromatic heterocycles. The Kier molecular flexibility index (Phi) is 6.80. The minimum absolute atomic E-state index is 0.266. The Labute approximate surface area is 158 Å². The molecule has 3 N–H and O–H groups in total. The van der Waals surface area contributed by atoms with Gasteiger partial charge < -0.3 is 14.8 Å². The van der Waals surface area contributed by atoms with E-state index in [2.05, 4.69) is 16.2 Å². The Hall–Kier alpha value is -2.80. The Balaban J connectivity index is 1.82. The second kappa shape index (κ2) is 9.05. The number of methoxy groups -OCH3 is 1. The number of benzene rings is 2. The number of carbonyl (C=O) groups is 1. The van der Waals surface area contributed by atoms with Crippen LogP contribution in [0, 0.1) is 13.8 Å². The smallest absolute Gasteiger partial charge is 0.279 e. The molecule has 0 bridgehead atoms. The minimum atomic E-state index is -0.674. The van der Waals surface area contributed by atoms with E-state index >= 15 is 0 Å². The fourth-order valence-electron chi connectivity index (χ4n) is 2.15. The van der Waals surface area contributed by atoms with Crippen molar-refractivity contribution in [2.75, 3.05) is 12.4 Å². The summed E-state index contributed by atoms with van der Waals surface area (Å²) in [5.41, 5.74) is 8.09. The molecular formula is C19H23N3O3S. The largest absolute Gasteiger partial charge is 0.497 e. The molecule has 138 valence electrons. The number of ether oxygens (including phenoxy) is 2. The first-order valence-corrected chi connectivity index (χ1v) is 8.55. The summed E-state index contributed by atoms with van der Waals surface area (Å²) in [5, 5.41) is 3.23. The number of hydrogen-bond donors (Lipinski definition) is 3. The lowest BCUT2D eigenvalue weighted by Gasteiger charge is -2.18. The summed E-state index contributed by atoms with van der Waals surface area (Å²) in [6.45, 7) is 5.64. The third kappa shape index (κ3) is 5.35. The van der Waals surface area contributed by atoms with E-state index in [-0.39, 0.29) is 11.0 Å². The molecule has 1 atom stereocenters. The van der Waals surface area contributed by atoms with Gasteiger partial charge in [-0.2, -0.15) is 0 Å². The molecule has 0 radical (unpaired) electrons. The van der Waals surface area contributed by atoms with Gasteiger partial charge >= 0.3 is 0 Å². The average molecular weight is 373 g/mol. The fourth-order valence-corrected chi connectivity index (χ4v) is 2.32. The van der Waals surface area contributed by atoms with Crippen LogP contribution < -0.4 is 25.6 Å². The van der Waals surface area contributed by atoms with Gasteiger partial charge in [0.05, 0.1) is 7.11 Å². The second-order valence-electron chi connectivity index (χ2n) is 5.76. The summed E-state index contributed by atoms with van der Waals surface area (Å²) < 4.78 is 10.8. The zero-order valence-corrected chi connectivity index (χ0v) is 16.1. The third-order valence-electron chi connectivity index (χ3n) is 3.88. The van der Waals surface area contributed by atoms with Crippen LogP contribution in [-0.4, -0.2) is 24.2 Å². The van der Waals surface area contributed by atoms with E-state index in [1.807, 2.05) is 56.3 Å². The van der Waals surface area contributed by atoms with Crippen LogP contribution in [-0.2, 0) is 4.79 Å². The second-order valence-corrected chi connectivity index (χ2v) is 6.16. The predicted molar refractivity (Wildman–Crippen MR) is 106 cm³/mol. The van der Waals surface area contributed by atoms with Crippen LogP contribution in [0.25, 0.3) is 0 Å². The first-order chi connectivity index (χ1) is 12.4. The van der Waals surface area contributed by atoms with E-state index < -0.39 is 6.10 Å². The number of amides is 1. The number of hydrazine groups is 1. The monoisotopic (exact) mass is 373 g/mol. The van der Waals surface area contributed by atoms with Gasteiger partial charge in [0.1, 0.15) is 11.5 Å². The van der Waals surface area contributed by atoms with E-state index in [1.165, 1.54) is 0 Å². The van der Waals surface area contributed by atoms with Crippen molar-refractivity contribution in [2.45, 2.75) is 26.9 Å². The van der Waals surface area contributed by atoms with Crippen LogP contribution in [0.4, 0.5) is 5.69 Å². The molecule has 2 aromatic carbocycles. The van der Waals surface area contributed by atoms with Crippen LogP contribution >= 0.6 is 12.2 Å². The fraction of sp³-hybridized carbons (Fsp3) is 0.263. The van der Waals surface area contributed by atoms with Gasteiger partial charge in [-0.15, -0.1) is 0 Å². The predicted octanol–water partition coefficient (Wildman–Crippen LogP) is 3.10. The third-order valence-corrected chi connectivity index (χ3v) is 4.08. The van der Waals surface area contributed by atoms with Crippen LogP contribution in [0.2, 0.25) is 0 Å². The minimum Gasteiger partial charge on any atom is -0.497 e. The summed E-state index contributed by atoms with van der Waals surface area (Å²) in [6, 6.07) is 13.0. The normalized spacial score (nSPS) is 11.2.